The number of hydrogen-bond donors (Lipinski definition) is 1. The summed E-state index contributed by atoms with van der Waals surface area (Å²) < 4.78 is 0. The van der Waals surface area contributed by atoms with E-state index in [-0.39, 0.29) is 17.8 Å². The Morgan fingerprint density at radius 1 is 1.29 bits per heavy atom. The Morgan fingerprint density at radius 3 is 2.67 bits per heavy atom. The van der Waals surface area contributed by atoms with Crippen LogP contribution < -0.4 is 4.90 Å². The largest absolute Gasteiger partial charge is 0.503 e. The molecule has 1 atom stereocenters. The van der Waals surface area contributed by atoms with Crippen LogP contribution in [0.3, 0.4) is 0 Å². The smallest absolute Gasteiger partial charge is 0.294 e. The summed E-state index contributed by atoms with van der Waals surface area (Å²) in [6.07, 6.45) is 0.245. The second kappa shape index (κ2) is 6.24. The Balaban J connectivity index is 2.21. The molecule has 24 heavy (non-hydrogen) atoms. The average molecular weight is 341 g/mol. The Bertz CT molecular complexity index is 836. The van der Waals surface area contributed by atoms with Crippen LogP contribution in [0.2, 0.25) is 0 Å². The molecule has 1 unspecified atom stereocenters. The average Bonchev–Trinajstić information content (AvgIpc) is 3.17. The van der Waals surface area contributed by atoms with E-state index >= 15 is 0 Å². The Hall–Kier alpha value is -2.40. The maximum absolute atomic E-state index is 12.8. The zero-order valence-corrected chi connectivity index (χ0v) is 14.7. The van der Waals surface area contributed by atoms with Gasteiger partial charge in [-0.2, -0.15) is 0 Å². The van der Waals surface area contributed by atoms with E-state index in [0.717, 1.165) is 21.7 Å². The number of aliphatic hydroxyl groups excluding tert-OH is 1. The minimum absolute atomic E-state index is 0.200. The van der Waals surface area contributed by atoms with E-state index in [1.54, 1.807) is 11.8 Å². The van der Waals surface area contributed by atoms with Crippen LogP contribution >= 0.6 is 11.3 Å². The van der Waals surface area contributed by atoms with Crippen molar-refractivity contribution in [3.05, 3.63) is 63.0 Å². The highest BCUT2D eigenvalue weighted by Gasteiger charge is 2.44. The Labute approximate surface area is 145 Å². The molecule has 0 fully saturated rings. The first-order valence-electron chi connectivity index (χ1n) is 7.86. The molecule has 0 saturated heterocycles. The molecular weight excluding hydrogens is 322 g/mol. The van der Waals surface area contributed by atoms with Gasteiger partial charge in [-0.3, -0.25) is 14.5 Å². The van der Waals surface area contributed by atoms with Gasteiger partial charge in [0.05, 0.1) is 5.57 Å². The van der Waals surface area contributed by atoms with Crippen LogP contribution in [0.4, 0.5) is 5.69 Å². The molecule has 1 aromatic carbocycles. The molecule has 1 amide bonds. The third-order valence-electron chi connectivity index (χ3n) is 4.27. The lowest BCUT2D eigenvalue weighted by Gasteiger charge is -2.27. The van der Waals surface area contributed by atoms with Crippen LogP contribution in [-0.4, -0.2) is 16.8 Å². The summed E-state index contributed by atoms with van der Waals surface area (Å²) in [4.78, 5) is 27.6. The number of amides is 1. The summed E-state index contributed by atoms with van der Waals surface area (Å²) in [5.41, 5.74) is 2.87. The van der Waals surface area contributed by atoms with Gasteiger partial charge < -0.3 is 5.11 Å². The number of benzene rings is 1. The van der Waals surface area contributed by atoms with E-state index < -0.39 is 17.7 Å². The number of carbonyl (C=O) groups is 2. The summed E-state index contributed by atoms with van der Waals surface area (Å²) in [5.74, 6) is -1.15. The standard InChI is InChI=1S/C19H19NO3S/c1-4-14(21)16-17(15-6-5-9-24-15)20(19(23)18(16)22)13-10-11(2)7-8-12(13)3/h5-10,17,22H,4H2,1-3H3. The molecule has 0 radical (unpaired) electrons. The van der Waals surface area contributed by atoms with Gasteiger partial charge >= 0.3 is 0 Å². The number of Topliss-reactive ketones (excluding diaryl/α,β-unsaturated/α-hetero) is 1. The molecule has 1 aromatic heterocycles. The van der Waals surface area contributed by atoms with Crippen molar-refractivity contribution >= 4 is 28.7 Å². The molecule has 0 saturated carbocycles. The molecule has 0 spiro atoms. The van der Waals surface area contributed by atoms with Crippen molar-refractivity contribution in [2.75, 3.05) is 4.90 Å². The Morgan fingerprint density at radius 2 is 2.04 bits per heavy atom. The molecule has 1 N–H and O–H groups in total. The molecule has 3 rings (SSSR count). The van der Waals surface area contributed by atoms with Crippen molar-refractivity contribution in [1.82, 2.24) is 0 Å². The first kappa shape index (κ1) is 16.5. The number of hydrogen-bond acceptors (Lipinski definition) is 4. The van der Waals surface area contributed by atoms with Crippen LogP contribution in [0.1, 0.15) is 35.4 Å². The summed E-state index contributed by atoms with van der Waals surface area (Å²) >= 11 is 1.47. The minimum atomic E-state index is -0.564. The van der Waals surface area contributed by atoms with E-state index in [4.69, 9.17) is 0 Å². The van der Waals surface area contributed by atoms with Gasteiger partial charge in [0.15, 0.2) is 11.5 Å². The van der Waals surface area contributed by atoms with Gasteiger partial charge in [0, 0.05) is 17.0 Å². The van der Waals surface area contributed by atoms with E-state index in [0.29, 0.717) is 0 Å². The van der Waals surface area contributed by atoms with E-state index in [2.05, 4.69) is 0 Å². The highest BCUT2D eigenvalue weighted by atomic mass is 32.1. The van der Waals surface area contributed by atoms with Crippen molar-refractivity contribution < 1.29 is 14.7 Å². The predicted octanol–water partition coefficient (Wildman–Crippen LogP) is 4.24. The molecule has 5 heteroatoms. The van der Waals surface area contributed by atoms with Crippen molar-refractivity contribution in [2.45, 2.75) is 33.2 Å². The first-order valence-corrected chi connectivity index (χ1v) is 8.74. The first-order chi connectivity index (χ1) is 11.5. The second-order valence-corrected chi connectivity index (χ2v) is 6.90. The highest BCUT2D eigenvalue weighted by Crippen LogP contribution is 2.43. The number of aryl methyl sites for hydroxylation is 2. The fourth-order valence-electron chi connectivity index (χ4n) is 3.02. The van der Waals surface area contributed by atoms with Crippen molar-refractivity contribution in [1.29, 1.82) is 0 Å². The molecule has 1 aliphatic heterocycles. The fourth-order valence-corrected chi connectivity index (χ4v) is 3.85. The van der Waals surface area contributed by atoms with Gasteiger partial charge in [-0.1, -0.05) is 25.1 Å². The normalized spacial score (nSPS) is 17.7. The van der Waals surface area contributed by atoms with Gasteiger partial charge in [0.2, 0.25) is 0 Å². The second-order valence-electron chi connectivity index (χ2n) is 5.92. The van der Waals surface area contributed by atoms with Crippen molar-refractivity contribution in [3.63, 3.8) is 0 Å². The highest BCUT2D eigenvalue weighted by molar-refractivity contribution is 7.10. The molecular formula is C19H19NO3S. The van der Waals surface area contributed by atoms with Crippen molar-refractivity contribution in [3.8, 4) is 0 Å². The lowest BCUT2D eigenvalue weighted by Crippen LogP contribution is -2.31. The number of carbonyl (C=O) groups excluding carboxylic acids is 2. The molecule has 1 aliphatic rings. The maximum atomic E-state index is 12.8. The molecule has 4 nitrogen and oxygen atoms in total. The molecule has 0 bridgehead atoms. The van der Waals surface area contributed by atoms with Gasteiger partial charge in [-0.05, 0) is 42.5 Å². The maximum Gasteiger partial charge on any atom is 0.294 e. The number of aliphatic hydroxyl groups is 1. The summed E-state index contributed by atoms with van der Waals surface area (Å²) in [7, 11) is 0. The number of ketones is 1. The van der Waals surface area contributed by atoms with Gasteiger partial charge in [0.25, 0.3) is 5.91 Å². The van der Waals surface area contributed by atoms with E-state index in [1.165, 1.54) is 11.3 Å². The van der Waals surface area contributed by atoms with Crippen molar-refractivity contribution in [2.24, 2.45) is 0 Å². The number of anilines is 1. The molecule has 124 valence electrons. The molecule has 0 aliphatic carbocycles. The van der Waals surface area contributed by atoms with Gasteiger partial charge in [-0.25, -0.2) is 0 Å². The summed E-state index contributed by atoms with van der Waals surface area (Å²) in [6, 6.07) is 9.05. The zero-order chi connectivity index (χ0) is 17.4. The Kier molecular flexibility index (Phi) is 4.28. The number of rotatable bonds is 4. The lowest BCUT2D eigenvalue weighted by atomic mass is 9.99. The zero-order valence-electron chi connectivity index (χ0n) is 13.9. The topological polar surface area (TPSA) is 57.6 Å². The number of nitrogens with zero attached hydrogens (tertiary/aromatic N) is 1. The third kappa shape index (κ3) is 2.55. The van der Waals surface area contributed by atoms with Crippen LogP contribution in [-0.2, 0) is 9.59 Å². The van der Waals surface area contributed by atoms with E-state index in [1.807, 2.05) is 49.6 Å². The van der Waals surface area contributed by atoms with Gasteiger partial charge in [-0.15, -0.1) is 11.3 Å². The summed E-state index contributed by atoms with van der Waals surface area (Å²) in [6.45, 7) is 5.61. The lowest BCUT2D eigenvalue weighted by molar-refractivity contribution is -0.118. The monoisotopic (exact) mass is 341 g/mol. The van der Waals surface area contributed by atoms with Crippen LogP contribution in [0, 0.1) is 13.8 Å². The fraction of sp³-hybridized carbons (Fsp3) is 0.263. The SMILES string of the molecule is CCC(=O)C1=C(O)C(=O)N(c2cc(C)ccc2C)C1c1cccs1. The quantitative estimate of drug-likeness (QED) is 0.905. The van der Waals surface area contributed by atoms with E-state index in [9.17, 15) is 14.7 Å². The van der Waals surface area contributed by atoms with Gasteiger partial charge in [0.1, 0.15) is 6.04 Å². The minimum Gasteiger partial charge on any atom is -0.503 e. The molecule has 2 aromatic rings. The van der Waals surface area contributed by atoms with Crippen LogP contribution in [0.15, 0.2) is 47.0 Å². The summed E-state index contributed by atoms with van der Waals surface area (Å²) in [5, 5.41) is 12.3. The molecule has 2 heterocycles. The number of thiophene rings is 1. The van der Waals surface area contributed by atoms with Crippen LogP contribution in [0.5, 0.6) is 0 Å². The van der Waals surface area contributed by atoms with Crippen LogP contribution in [0.25, 0.3) is 0 Å². The predicted molar refractivity (Wildman–Crippen MR) is 95.4 cm³/mol. The third-order valence-corrected chi connectivity index (χ3v) is 5.19.